The van der Waals surface area contributed by atoms with Gasteiger partial charge >= 0.3 is 0 Å². The molecule has 1 saturated heterocycles. The average molecular weight is 530 g/mol. The fourth-order valence-electron chi connectivity index (χ4n) is 4.76. The first-order valence-electron chi connectivity index (χ1n) is 13.3. The molecule has 1 atom stereocenters. The number of hydrogen-bond acceptors (Lipinski definition) is 6. The number of ketones is 1. The van der Waals surface area contributed by atoms with Crippen molar-refractivity contribution in [2.75, 3.05) is 25.2 Å². The van der Waals surface area contributed by atoms with Crippen molar-refractivity contribution in [3.05, 3.63) is 88.5 Å². The lowest BCUT2D eigenvalue weighted by atomic mass is 9.94. The number of rotatable bonds is 10. The van der Waals surface area contributed by atoms with Crippen molar-refractivity contribution in [3.63, 3.8) is 0 Å². The van der Waals surface area contributed by atoms with Crippen LogP contribution < -0.4 is 19.1 Å². The van der Waals surface area contributed by atoms with Gasteiger partial charge in [0, 0.05) is 11.3 Å². The fourth-order valence-corrected chi connectivity index (χ4v) is 4.76. The van der Waals surface area contributed by atoms with E-state index in [-0.39, 0.29) is 11.3 Å². The third-order valence-electron chi connectivity index (χ3n) is 6.78. The van der Waals surface area contributed by atoms with E-state index < -0.39 is 17.7 Å². The van der Waals surface area contributed by atoms with Gasteiger partial charge in [-0.1, -0.05) is 32.0 Å². The highest BCUT2D eigenvalue weighted by atomic mass is 16.5. The van der Waals surface area contributed by atoms with E-state index in [0.717, 1.165) is 24.0 Å². The second-order valence-electron chi connectivity index (χ2n) is 9.36. The molecule has 3 aromatic rings. The topological polar surface area (TPSA) is 85.3 Å². The summed E-state index contributed by atoms with van der Waals surface area (Å²) in [5.41, 5.74) is 3.53. The number of aliphatic hydroxyl groups excluding tert-OH is 1. The van der Waals surface area contributed by atoms with Crippen LogP contribution in [0, 0.1) is 6.92 Å². The molecule has 1 fully saturated rings. The van der Waals surface area contributed by atoms with Crippen LogP contribution >= 0.6 is 0 Å². The Morgan fingerprint density at radius 1 is 0.897 bits per heavy atom. The zero-order chi connectivity index (χ0) is 28.1. The number of hydrogen-bond donors (Lipinski definition) is 1. The number of carbonyl (C=O) groups is 2. The SMILES string of the molecule is CCCOc1ccc(/C(O)=C2/C(=O)C(=O)N(c3ccc(CC)cc3)C2c2ccc(OC)c(OCC)c2)cc1C. The lowest BCUT2D eigenvalue weighted by Crippen LogP contribution is -2.29. The number of aliphatic hydroxyl groups is 1. The minimum Gasteiger partial charge on any atom is -0.507 e. The molecule has 7 heteroatoms. The van der Waals surface area contributed by atoms with Crippen molar-refractivity contribution in [2.24, 2.45) is 0 Å². The van der Waals surface area contributed by atoms with E-state index >= 15 is 0 Å². The average Bonchev–Trinajstić information content (AvgIpc) is 3.22. The summed E-state index contributed by atoms with van der Waals surface area (Å²) in [6.45, 7) is 8.81. The lowest BCUT2D eigenvalue weighted by molar-refractivity contribution is -0.132. The third-order valence-corrected chi connectivity index (χ3v) is 6.78. The number of nitrogens with zero attached hydrogens (tertiary/aromatic N) is 1. The van der Waals surface area contributed by atoms with Crippen molar-refractivity contribution >= 4 is 23.1 Å². The molecule has 0 radical (unpaired) electrons. The van der Waals surface area contributed by atoms with Gasteiger partial charge in [0.2, 0.25) is 0 Å². The van der Waals surface area contributed by atoms with Crippen LogP contribution in [0.15, 0.2) is 66.2 Å². The van der Waals surface area contributed by atoms with Gasteiger partial charge in [-0.3, -0.25) is 14.5 Å². The van der Waals surface area contributed by atoms with Gasteiger partial charge in [-0.2, -0.15) is 0 Å². The van der Waals surface area contributed by atoms with Crippen LogP contribution in [0.3, 0.4) is 0 Å². The molecule has 1 N–H and O–H groups in total. The molecule has 0 aromatic heterocycles. The van der Waals surface area contributed by atoms with Gasteiger partial charge in [0.25, 0.3) is 11.7 Å². The van der Waals surface area contributed by atoms with Gasteiger partial charge < -0.3 is 19.3 Å². The molecule has 204 valence electrons. The van der Waals surface area contributed by atoms with Gasteiger partial charge in [-0.05, 0) is 85.8 Å². The molecule has 1 amide bonds. The minimum atomic E-state index is -0.876. The number of methoxy groups -OCH3 is 1. The Morgan fingerprint density at radius 2 is 1.62 bits per heavy atom. The van der Waals surface area contributed by atoms with E-state index in [1.165, 1.54) is 4.90 Å². The van der Waals surface area contributed by atoms with Gasteiger partial charge in [0.15, 0.2) is 11.5 Å². The molecule has 4 rings (SSSR count). The quantitative estimate of drug-likeness (QED) is 0.186. The van der Waals surface area contributed by atoms with Crippen LogP contribution in [-0.4, -0.2) is 37.1 Å². The van der Waals surface area contributed by atoms with Gasteiger partial charge in [0.1, 0.15) is 11.5 Å². The standard InChI is InChI=1S/C32H35NO6/c1-6-17-39-25-15-12-23(18-20(25)4)30(34)28-29(22-11-16-26(37-5)27(19-22)38-8-3)33(32(36)31(28)35)24-13-9-21(7-2)10-14-24/h9-16,18-19,29,34H,6-8,17H2,1-5H3/b30-28-. The van der Waals surface area contributed by atoms with E-state index in [1.54, 1.807) is 43.5 Å². The van der Waals surface area contributed by atoms with E-state index in [1.807, 2.05) is 52.0 Å². The molecule has 0 aliphatic carbocycles. The maximum absolute atomic E-state index is 13.5. The highest BCUT2D eigenvalue weighted by Gasteiger charge is 2.47. The van der Waals surface area contributed by atoms with Crippen LogP contribution in [0.1, 0.15) is 55.5 Å². The van der Waals surface area contributed by atoms with Crippen molar-refractivity contribution in [2.45, 2.75) is 46.6 Å². The van der Waals surface area contributed by atoms with Crippen molar-refractivity contribution < 1.29 is 28.9 Å². The summed E-state index contributed by atoms with van der Waals surface area (Å²) in [5, 5.41) is 11.5. The zero-order valence-electron chi connectivity index (χ0n) is 23.1. The second kappa shape index (κ2) is 12.1. The molecular weight excluding hydrogens is 494 g/mol. The summed E-state index contributed by atoms with van der Waals surface area (Å²) < 4.78 is 17.0. The molecule has 0 saturated carbocycles. The first-order chi connectivity index (χ1) is 18.8. The Morgan fingerprint density at radius 3 is 2.23 bits per heavy atom. The Balaban J connectivity index is 1.90. The molecule has 0 spiro atoms. The number of benzene rings is 3. The molecule has 39 heavy (non-hydrogen) atoms. The minimum absolute atomic E-state index is 0.00816. The van der Waals surface area contributed by atoms with Crippen LogP contribution in [-0.2, 0) is 16.0 Å². The maximum atomic E-state index is 13.5. The predicted molar refractivity (Wildman–Crippen MR) is 152 cm³/mol. The molecule has 1 aliphatic rings. The van der Waals surface area contributed by atoms with Crippen LogP contribution in [0.25, 0.3) is 5.76 Å². The Bertz CT molecular complexity index is 1390. The normalized spacial score (nSPS) is 16.4. The van der Waals surface area contributed by atoms with Crippen molar-refractivity contribution in [1.82, 2.24) is 0 Å². The third kappa shape index (κ3) is 5.48. The van der Waals surface area contributed by atoms with E-state index in [4.69, 9.17) is 14.2 Å². The first kappa shape index (κ1) is 27.8. The number of amides is 1. The lowest BCUT2D eigenvalue weighted by Gasteiger charge is -2.26. The summed E-state index contributed by atoms with van der Waals surface area (Å²) in [6, 6.07) is 17.2. The molecule has 0 bridgehead atoms. The van der Waals surface area contributed by atoms with Gasteiger partial charge in [0.05, 0.1) is 31.9 Å². The molecule has 1 heterocycles. The Hall–Kier alpha value is -4.26. The number of ether oxygens (including phenoxy) is 3. The van der Waals surface area contributed by atoms with Crippen molar-refractivity contribution in [1.29, 1.82) is 0 Å². The number of carbonyl (C=O) groups excluding carboxylic acids is 2. The maximum Gasteiger partial charge on any atom is 0.300 e. The monoisotopic (exact) mass is 529 g/mol. The van der Waals surface area contributed by atoms with Crippen LogP contribution in [0.5, 0.6) is 17.2 Å². The fraction of sp³-hybridized carbons (Fsp3) is 0.312. The first-order valence-corrected chi connectivity index (χ1v) is 13.3. The van der Waals surface area contributed by atoms with Crippen molar-refractivity contribution in [3.8, 4) is 17.2 Å². The second-order valence-corrected chi connectivity index (χ2v) is 9.36. The van der Waals surface area contributed by atoms with Crippen LogP contribution in [0.2, 0.25) is 0 Å². The Kier molecular flexibility index (Phi) is 8.59. The molecule has 1 unspecified atom stereocenters. The summed E-state index contributed by atoms with van der Waals surface area (Å²) in [5.74, 6) is 0.0118. The number of aryl methyl sites for hydroxylation is 2. The summed E-state index contributed by atoms with van der Waals surface area (Å²) in [6.07, 6.45) is 1.71. The highest BCUT2D eigenvalue weighted by molar-refractivity contribution is 6.51. The number of Topliss-reactive ketones (excluding diaryl/α,β-unsaturated/α-hetero) is 1. The number of anilines is 1. The van der Waals surface area contributed by atoms with Crippen LogP contribution in [0.4, 0.5) is 5.69 Å². The molecule has 1 aliphatic heterocycles. The summed E-state index contributed by atoms with van der Waals surface area (Å²) in [4.78, 5) is 28.5. The largest absolute Gasteiger partial charge is 0.507 e. The zero-order valence-corrected chi connectivity index (χ0v) is 23.1. The van der Waals surface area contributed by atoms with E-state index in [2.05, 4.69) is 0 Å². The smallest absolute Gasteiger partial charge is 0.300 e. The van der Waals surface area contributed by atoms with E-state index in [9.17, 15) is 14.7 Å². The Labute approximate surface area is 229 Å². The molecule has 7 nitrogen and oxygen atoms in total. The van der Waals surface area contributed by atoms with E-state index in [0.29, 0.717) is 47.3 Å². The summed E-state index contributed by atoms with van der Waals surface area (Å²) in [7, 11) is 1.55. The molecular formula is C32H35NO6. The highest BCUT2D eigenvalue weighted by Crippen LogP contribution is 2.44. The molecule has 3 aromatic carbocycles. The van der Waals surface area contributed by atoms with Gasteiger partial charge in [-0.25, -0.2) is 0 Å². The predicted octanol–water partition coefficient (Wildman–Crippen LogP) is 6.38. The van der Waals surface area contributed by atoms with Gasteiger partial charge in [-0.15, -0.1) is 0 Å². The summed E-state index contributed by atoms with van der Waals surface area (Å²) >= 11 is 0.